The zero-order valence-electron chi connectivity index (χ0n) is 14.4. The van der Waals surface area contributed by atoms with Crippen molar-refractivity contribution in [1.29, 1.82) is 0 Å². The molecule has 0 radical (unpaired) electrons. The molecule has 2 amide bonds. The first-order valence-corrected chi connectivity index (χ1v) is 9.66. The lowest BCUT2D eigenvalue weighted by Crippen LogP contribution is -2.45. The van der Waals surface area contributed by atoms with E-state index >= 15 is 0 Å². The van der Waals surface area contributed by atoms with Gasteiger partial charge < -0.3 is 10.2 Å². The van der Waals surface area contributed by atoms with Gasteiger partial charge in [0.1, 0.15) is 0 Å². The minimum atomic E-state index is -0.923. The highest BCUT2D eigenvalue weighted by molar-refractivity contribution is 7.86. The first-order chi connectivity index (χ1) is 10.9. The number of urea groups is 1. The molecule has 1 saturated heterocycles. The van der Waals surface area contributed by atoms with Crippen LogP contribution in [0.4, 0.5) is 4.79 Å². The summed E-state index contributed by atoms with van der Waals surface area (Å²) in [7, 11) is -0.923. The van der Waals surface area contributed by atoms with Gasteiger partial charge in [-0.3, -0.25) is 4.21 Å². The zero-order valence-corrected chi connectivity index (χ0v) is 15.2. The van der Waals surface area contributed by atoms with Crippen LogP contribution in [0.3, 0.4) is 0 Å². The lowest BCUT2D eigenvalue weighted by atomic mass is 9.90. The third-order valence-electron chi connectivity index (χ3n) is 4.30. The summed E-state index contributed by atoms with van der Waals surface area (Å²) < 4.78 is 11.7. The van der Waals surface area contributed by atoms with Crippen LogP contribution in [0.5, 0.6) is 0 Å². The van der Waals surface area contributed by atoms with E-state index in [1.54, 1.807) is 0 Å². The number of rotatable bonds is 4. The van der Waals surface area contributed by atoms with Crippen molar-refractivity contribution < 1.29 is 9.00 Å². The summed E-state index contributed by atoms with van der Waals surface area (Å²) in [6.45, 7) is 7.92. The quantitative estimate of drug-likeness (QED) is 0.918. The second kappa shape index (κ2) is 7.95. The molecule has 1 heterocycles. The number of benzene rings is 1. The third kappa shape index (κ3) is 5.34. The van der Waals surface area contributed by atoms with Gasteiger partial charge in [-0.25, -0.2) is 4.79 Å². The Morgan fingerprint density at radius 2 is 1.83 bits per heavy atom. The van der Waals surface area contributed by atoms with Crippen molar-refractivity contribution in [3.05, 3.63) is 35.9 Å². The topological polar surface area (TPSA) is 49.4 Å². The van der Waals surface area contributed by atoms with Crippen molar-refractivity contribution in [2.75, 3.05) is 25.4 Å². The van der Waals surface area contributed by atoms with Crippen molar-refractivity contribution in [3.8, 4) is 0 Å². The first kappa shape index (κ1) is 18.0. The Hall–Kier alpha value is -1.36. The normalized spacial score (nSPS) is 17.8. The third-order valence-corrected chi connectivity index (χ3v) is 6.24. The number of carbonyl (C=O) groups excluding carboxylic acids is 1. The largest absolute Gasteiger partial charge is 0.337 e. The van der Waals surface area contributed by atoms with E-state index < -0.39 is 10.8 Å². The second-order valence-corrected chi connectivity index (χ2v) is 9.39. The van der Waals surface area contributed by atoms with Crippen LogP contribution in [-0.4, -0.2) is 45.3 Å². The van der Waals surface area contributed by atoms with Crippen LogP contribution in [0.2, 0.25) is 0 Å². The molecular formula is C18H28N2O2S. The predicted octanol–water partition coefficient (Wildman–Crippen LogP) is 3.12. The highest BCUT2D eigenvalue weighted by Gasteiger charge is 2.24. The molecule has 1 unspecified atom stereocenters. The average molecular weight is 337 g/mol. The van der Waals surface area contributed by atoms with E-state index in [1.807, 2.05) is 31.7 Å². The Bertz CT molecular complexity index is 532. The van der Waals surface area contributed by atoms with Crippen molar-refractivity contribution >= 4 is 16.8 Å². The SMILES string of the molecule is CC(C)(C)S(=O)CCNC(=O)N1CCC(c2ccccc2)CC1. The Morgan fingerprint density at radius 3 is 2.39 bits per heavy atom. The lowest BCUT2D eigenvalue weighted by molar-refractivity contribution is 0.182. The molecule has 128 valence electrons. The molecule has 1 N–H and O–H groups in total. The number of nitrogens with zero attached hydrogens (tertiary/aromatic N) is 1. The minimum absolute atomic E-state index is 0.0255. The Kier molecular flexibility index (Phi) is 6.22. The summed E-state index contributed by atoms with van der Waals surface area (Å²) in [6, 6.07) is 10.5. The van der Waals surface area contributed by atoms with Gasteiger partial charge in [-0.15, -0.1) is 0 Å². The highest BCUT2D eigenvalue weighted by Crippen LogP contribution is 2.27. The lowest BCUT2D eigenvalue weighted by Gasteiger charge is -2.32. The number of hydrogen-bond donors (Lipinski definition) is 1. The predicted molar refractivity (Wildman–Crippen MR) is 96.2 cm³/mol. The molecule has 0 bridgehead atoms. The molecule has 0 aromatic heterocycles. The van der Waals surface area contributed by atoms with Crippen LogP contribution in [0.25, 0.3) is 0 Å². The molecule has 1 atom stereocenters. The van der Waals surface area contributed by atoms with Gasteiger partial charge in [0.05, 0.1) is 0 Å². The highest BCUT2D eigenvalue weighted by atomic mass is 32.2. The fourth-order valence-electron chi connectivity index (χ4n) is 2.81. The van der Waals surface area contributed by atoms with Crippen LogP contribution in [0.15, 0.2) is 30.3 Å². The molecule has 1 aliphatic heterocycles. The van der Waals surface area contributed by atoms with Crippen LogP contribution in [0.1, 0.15) is 45.1 Å². The molecule has 23 heavy (non-hydrogen) atoms. The molecule has 0 spiro atoms. The van der Waals surface area contributed by atoms with E-state index in [0.29, 0.717) is 18.2 Å². The van der Waals surface area contributed by atoms with E-state index in [-0.39, 0.29) is 10.8 Å². The molecule has 1 aliphatic rings. The van der Waals surface area contributed by atoms with Gasteiger partial charge in [-0.1, -0.05) is 30.3 Å². The van der Waals surface area contributed by atoms with Crippen LogP contribution in [0, 0.1) is 0 Å². The monoisotopic (exact) mass is 336 g/mol. The summed E-state index contributed by atoms with van der Waals surface area (Å²) in [6.07, 6.45) is 2.01. The van der Waals surface area contributed by atoms with E-state index in [2.05, 4.69) is 29.6 Å². The van der Waals surface area contributed by atoms with Gasteiger partial charge in [0, 0.05) is 40.9 Å². The molecule has 1 aromatic rings. The molecule has 0 aliphatic carbocycles. The van der Waals surface area contributed by atoms with Crippen LogP contribution >= 0.6 is 0 Å². The Morgan fingerprint density at radius 1 is 1.22 bits per heavy atom. The summed E-state index contributed by atoms with van der Waals surface area (Å²) in [4.78, 5) is 14.1. The van der Waals surface area contributed by atoms with Crippen molar-refractivity contribution in [1.82, 2.24) is 10.2 Å². The Labute approximate surface area is 142 Å². The van der Waals surface area contributed by atoms with Gasteiger partial charge in [0.2, 0.25) is 0 Å². The van der Waals surface area contributed by atoms with E-state index in [9.17, 15) is 9.00 Å². The van der Waals surface area contributed by atoms with Gasteiger partial charge in [-0.2, -0.15) is 0 Å². The van der Waals surface area contributed by atoms with E-state index in [1.165, 1.54) is 5.56 Å². The van der Waals surface area contributed by atoms with Gasteiger partial charge in [-0.05, 0) is 45.1 Å². The van der Waals surface area contributed by atoms with Gasteiger partial charge in [0.25, 0.3) is 0 Å². The molecular weight excluding hydrogens is 308 g/mol. The van der Waals surface area contributed by atoms with Gasteiger partial charge >= 0.3 is 6.03 Å². The molecule has 2 rings (SSSR count). The number of likely N-dealkylation sites (tertiary alicyclic amines) is 1. The number of piperidine rings is 1. The smallest absolute Gasteiger partial charge is 0.317 e. The summed E-state index contributed by atoms with van der Waals surface area (Å²) in [5, 5.41) is 2.90. The van der Waals surface area contributed by atoms with E-state index in [4.69, 9.17) is 0 Å². The standard InChI is InChI=1S/C18H28N2O2S/c1-18(2,3)23(22)14-11-19-17(21)20-12-9-16(10-13-20)15-7-5-4-6-8-15/h4-8,16H,9-14H2,1-3H3,(H,19,21). The summed E-state index contributed by atoms with van der Waals surface area (Å²) in [5.41, 5.74) is 1.37. The number of carbonyl (C=O) groups is 1. The van der Waals surface area contributed by atoms with Crippen LogP contribution < -0.4 is 5.32 Å². The number of hydrogen-bond acceptors (Lipinski definition) is 2. The Balaban J connectivity index is 1.73. The van der Waals surface area contributed by atoms with Crippen molar-refractivity contribution in [3.63, 3.8) is 0 Å². The maximum absolute atomic E-state index is 12.2. The maximum Gasteiger partial charge on any atom is 0.317 e. The van der Waals surface area contributed by atoms with E-state index in [0.717, 1.165) is 25.9 Å². The maximum atomic E-state index is 12.2. The molecule has 1 aromatic carbocycles. The fraction of sp³-hybridized carbons (Fsp3) is 0.611. The molecule has 0 saturated carbocycles. The average Bonchev–Trinajstić information content (AvgIpc) is 2.54. The number of nitrogens with one attached hydrogen (secondary N) is 1. The summed E-state index contributed by atoms with van der Waals surface area (Å²) in [5.74, 6) is 1.06. The molecule has 4 nitrogen and oxygen atoms in total. The van der Waals surface area contributed by atoms with Crippen LogP contribution in [-0.2, 0) is 10.8 Å². The fourth-order valence-corrected chi connectivity index (χ4v) is 3.71. The second-order valence-electron chi connectivity index (χ2n) is 7.07. The van der Waals surface area contributed by atoms with Crippen molar-refractivity contribution in [2.24, 2.45) is 0 Å². The summed E-state index contributed by atoms with van der Waals surface area (Å²) >= 11 is 0. The van der Waals surface area contributed by atoms with Crippen molar-refractivity contribution in [2.45, 2.75) is 44.3 Å². The molecule has 5 heteroatoms. The minimum Gasteiger partial charge on any atom is -0.337 e. The zero-order chi connectivity index (χ0) is 16.9. The van der Waals surface area contributed by atoms with Gasteiger partial charge in [0.15, 0.2) is 0 Å². The molecule has 1 fully saturated rings. The number of amides is 2. The first-order valence-electron chi connectivity index (χ1n) is 8.34.